The molecule has 0 heterocycles. The van der Waals surface area contributed by atoms with Crippen molar-refractivity contribution in [2.45, 2.75) is 0 Å². The number of benzene rings is 2. The zero-order valence-corrected chi connectivity index (χ0v) is 15.8. The first-order valence-corrected chi connectivity index (χ1v) is 8.79. The molecule has 0 fully saturated rings. The van der Waals surface area contributed by atoms with Crippen LogP contribution in [0.1, 0.15) is 20.7 Å². The van der Waals surface area contributed by atoms with Gasteiger partial charge in [-0.15, -0.1) is 0 Å². The Morgan fingerprint density at radius 2 is 1.48 bits per heavy atom. The Kier molecular flexibility index (Phi) is 7.69. The predicted molar refractivity (Wildman–Crippen MR) is 101 cm³/mol. The predicted octanol–water partition coefficient (Wildman–Crippen LogP) is 1.72. The topological polar surface area (TPSA) is 102 Å². The molecule has 2 aromatic carbocycles. The summed E-state index contributed by atoms with van der Waals surface area (Å²) in [6.45, 7) is -1.09. The lowest BCUT2D eigenvalue weighted by Gasteiger charge is -2.07. The van der Waals surface area contributed by atoms with Crippen molar-refractivity contribution in [2.24, 2.45) is 0 Å². The minimum atomic E-state index is -0.747. The second-order valence-electron chi connectivity index (χ2n) is 5.42. The van der Waals surface area contributed by atoms with Gasteiger partial charge in [0.2, 0.25) is 5.91 Å². The van der Waals surface area contributed by atoms with Gasteiger partial charge in [-0.25, -0.2) is 0 Å². The van der Waals surface area contributed by atoms with Gasteiger partial charge in [-0.2, -0.15) is 0 Å². The fourth-order valence-corrected chi connectivity index (χ4v) is 2.27. The van der Waals surface area contributed by atoms with Crippen molar-refractivity contribution < 1.29 is 23.9 Å². The largest absolute Gasteiger partial charge is 0.456 e. The molecule has 0 aromatic heterocycles. The van der Waals surface area contributed by atoms with Crippen LogP contribution in [0.3, 0.4) is 0 Å². The summed E-state index contributed by atoms with van der Waals surface area (Å²) < 4.78 is 5.66. The van der Waals surface area contributed by atoms with Gasteiger partial charge in [-0.3, -0.25) is 19.2 Å². The van der Waals surface area contributed by atoms with Crippen LogP contribution in [0, 0.1) is 0 Å². The number of amides is 2. The van der Waals surface area contributed by atoms with Crippen LogP contribution in [0.15, 0.2) is 59.1 Å². The molecule has 0 unspecified atom stereocenters. The number of hydrogen-bond acceptors (Lipinski definition) is 5. The van der Waals surface area contributed by atoms with Crippen molar-refractivity contribution in [2.75, 3.05) is 19.7 Å². The highest BCUT2D eigenvalue weighted by molar-refractivity contribution is 9.10. The highest BCUT2D eigenvalue weighted by Crippen LogP contribution is 2.11. The summed E-state index contributed by atoms with van der Waals surface area (Å²) in [5, 5.41) is 4.75. The van der Waals surface area contributed by atoms with Gasteiger partial charge in [0.1, 0.15) is 6.54 Å². The van der Waals surface area contributed by atoms with Crippen molar-refractivity contribution in [1.82, 2.24) is 10.6 Å². The molecule has 0 bridgehead atoms. The lowest BCUT2D eigenvalue weighted by Crippen LogP contribution is -2.39. The first-order chi connectivity index (χ1) is 13.0. The number of carbonyl (C=O) groups is 4. The van der Waals surface area contributed by atoms with Crippen molar-refractivity contribution >= 4 is 39.5 Å². The number of halogens is 1. The molecule has 0 saturated carbocycles. The third-order valence-corrected chi connectivity index (χ3v) is 3.93. The maximum atomic E-state index is 11.9. The summed E-state index contributed by atoms with van der Waals surface area (Å²) >= 11 is 3.26. The van der Waals surface area contributed by atoms with Crippen LogP contribution in [0.4, 0.5) is 0 Å². The third-order valence-electron chi connectivity index (χ3n) is 3.41. The molecule has 0 atom stereocenters. The summed E-state index contributed by atoms with van der Waals surface area (Å²) in [6.07, 6.45) is 0. The molecule has 0 spiro atoms. The maximum absolute atomic E-state index is 11.9. The van der Waals surface area contributed by atoms with Crippen LogP contribution < -0.4 is 10.6 Å². The Bertz CT molecular complexity index is 822. The van der Waals surface area contributed by atoms with Gasteiger partial charge in [0.15, 0.2) is 12.4 Å². The fraction of sp³-hybridized carbons (Fsp3) is 0.158. The maximum Gasteiger partial charge on any atom is 0.325 e. The first kappa shape index (κ1) is 20.3. The van der Waals surface area contributed by atoms with E-state index in [-0.39, 0.29) is 12.3 Å². The van der Waals surface area contributed by atoms with Gasteiger partial charge in [-0.05, 0) is 24.3 Å². The lowest BCUT2D eigenvalue weighted by atomic mass is 10.1. The molecule has 2 rings (SSSR count). The fourth-order valence-electron chi connectivity index (χ4n) is 2.00. The Hall–Kier alpha value is -3.00. The summed E-state index contributed by atoms with van der Waals surface area (Å²) in [7, 11) is 0. The zero-order valence-electron chi connectivity index (χ0n) is 14.2. The van der Waals surface area contributed by atoms with Crippen LogP contribution in [0.25, 0.3) is 0 Å². The highest BCUT2D eigenvalue weighted by Gasteiger charge is 2.12. The van der Waals surface area contributed by atoms with E-state index in [1.54, 1.807) is 54.6 Å². The zero-order chi connectivity index (χ0) is 19.6. The quantitative estimate of drug-likeness (QED) is 0.488. The monoisotopic (exact) mass is 432 g/mol. The van der Waals surface area contributed by atoms with Gasteiger partial charge in [-0.1, -0.05) is 46.3 Å². The molecule has 7 nitrogen and oxygen atoms in total. The molecule has 0 radical (unpaired) electrons. The summed E-state index contributed by atoms with van der Waals surface area (Å²) in [6, 6.07) is 15.1. The molecule has 0 aliphatic rings. The summed E-state index contributed by atoms with van der Waals surface area (Å²) in [5.41, 5.74) is 0.842. The van der Waals surface area contributed by atoms with E-state index in [9.17, 15) is 19.2 Å². The standard InChI is InChI=1S/C19H17BrN2O5/c20-15-8-6-13(7-9-15)16(23)12-27-18(25)11-21-17(24)10-22-19(26)14-4-2-1-3-5-14/h1-9H,10-12H2,(H,21,24)(H,22,26). The van der Waals surface area contributed by atoms with Crippen molar-refractivity contribution in [3.63, 3.8) is 0 Å². The van der Waals surface area contributed by atoms with Crippen LogP contribution in [0.2, 0.25) is 0 Å². The molecular formula is C19H17BrN2O5. The van der Waals surface area contributed by atoms with Crippen LogP contribution in [-0.4, -0.2) is 43.3 Å². The van der Waals surface area contributed by atoms with E-state index in [2.05, 4.69) is 26.6 Å². The second-order valence-corrected chi connectivity index (χ2v) is 6.33. The minimum Gasteiger partial charge on any atom is -0.456 e. The van der Waals surface area contributed by atoms with Crippen LogP contribution in [-0.2, 0) is 14.3 Å². The van der Waals surface area contributed by atoms with E-state index in [1.807, 2.05) is 0 Å². The number of ketones is 1. The molecule has 2 N–H and O–H groups in total. The highest BCUT2D eigenvalue weighted by atomic mass is 79.9. The van der Waals surface area contributed by atoms with Gasteiger partial charge >= 0.3 is 5.97 Å². The smallest absolute Gasteiger partial charge is 0.325 e. The number of ether oxygens (including phenoxy) is 1. The van der Waals surface area contributed by atoms with E-state index in [4.69, 9.17) is 4.74 Å². The van der Waals surface area contributed by atoms with E-state index >= 15 is 0 Å². The molecule has 0 aliphatic heterocycles. The van der Waals surface area contributed by atoms with E-state index < -0.39 is 30.9 Å². The molecule has 140 valence electrons. The van der Waals surface area contributed by atoms with Crippen molar-refractivity contribution in [3.05, 3.63) is 70.2 Å². The van der Waals surface area contributed by atoms with Crippen LogP contribution in [0.5, 0.6) is 0 Å². The Balaban J connectivity index is 1.66. The number of carbonyl (C=O) groups excluding carboxylic acids is 4. The van der Waals surface area contributed by atoms with Crippen LogP contribution >= 0.6 is 15.9 Å². The van der Waals surface area contributed by atoms with Crippen molar-refractivity contribution in [1.29, 1.82) is 0 Å². The van der Waals surface area contributed by atoms with E-state index in [0.717, 1.165) is 4.47 Å². The third kappa shape index (κ3) is 7.02. The molecule has 27 heavy (non-hydrogen) atoms. The van der Waals surface area contributed by atoms with Gasteiger partial charge in [0.25, 0.3) is 5.91 Å². The van der Waals surface area contributed by atoms with Gasteiger partial charge in [0.05, 0.1) is 6.54 Å². The van der Waals surface area contributed by atoms with E-state index in [1.165, 1.54) is 0 Å². The van der Waals surface area contributed by atoms with E-state index in [0.29, 0.717) is 11.1 Å². The normalized spacial score (nSPS) is 9.96. The Morgan fingerprint density at radius 1 is 0.815 bits per heavy atom. The minimum absolute atomic E-state index is 0.279. The van der Waals surface area contributed by atoms with Crippen molar-refractivity contribution in [3.8, 4) is 0 Å². The lowest BCUT2D eigenvalue weighted by molar-refractivity contribution is -0.142. The summed E-state index contributed by atoms with van der Waals surface area (Å²) in [5.74, 6) is -2.04. The molecular weight excluding hydrogens is 416 g/mol. The van der Waals surface area contributed by atoms with Gasteiger partial charge in [0, 0.05) is 15.6 Å². The SMILES string of the molecule is O=C(CNC(=O)c1ccccc1)NCC(=O)OCC(=O)c1ccc(Br)cc1. The molecule has 0 saturated heterocycles. The molecule has 8 heteroatoms. The molecule has 2 amide bonds. The first-order valence-electron chi connectivity index (χ1n) is 8.00. The number of rotatable bonds is 8. The number of Topliss-reactive ketones (excluding diaryl/α,β-unsaturated/α-hetero) is 1. The average Bonchev–Trinajstić information content (AvgIpc) is 2.69. The number of esters is 1. The molecule has 2 aromatic rings. The number of nitrogens with one attached hydrogen (secondary N) is 2. The Morgan fingerprint density at radius 3 is 2.15 bits per heavy atom. The molecule has 0 aliphatic carbocycles. The summed E-state index contributed by atoms with van der Waals surface area (Å²) in [4.78, 5) is 47.0. The second kappa shape index (κ2) is 10.2. The average molecular weight is 433 g/mol. The number of hydrogen-bond donors (Lipinski definition) is 2. The van der Waals surface area contributed by atoms with Gasteiger partial charge < -0.3 is 15.4 Å². The Labute approximate surface area is 164 Å².